The number of rotatable bonds is 4. The zero-order valence-corrected chi connectivity index (χ0v) is 16.9. The van der Waals surface area contributed by atoms with Crippen LogP contribution in [-0.4, -0.2) is 40.2 Å². The summed E-state index contributed by atoms with van der Waals surface area (Å²) in [5, 5.41) is 28.5. The monoisotopic (exact) mass is 413 g/mol. The van der Waals surface area contributed by atoms with E-state index in [4.69, 9.17) is 4.74 Å². The number of hydrogen-bond acceptors (Lipinski definition) is 6. The number of nitro groups is 1. The number of fused-ring (bicyclic) bond motifs is 4. The minimum atomic E-state index is -2.28. The molecule has 0 bridgehead atoms. The van der Waals surface area contributed by atoms with Gasteiger partial charge in [-0.3, -0.25) is 14.9 Å². The maximum atomic E-state index is 13.7. The van der Waals surface area contributed by atoms with E-state index in [1.807, 2.05) is 13.8 Å². The standard InChI is InChI=1S/C21H23N3O6/c1-4-22-19(26)23-20-13-9-8-12(11(2)3)10-16(13)30-21(20,27)14-6-5-7-15(24(28)29)17(14)18(20)25/h5-6,8-11,15,27H,4,7H2,1-3H3,(H2,22,23,26). The zero-order chi connectivity index (χ0) is 21.8. The number of urea groups is 1. The summed E-state index contributed by atoms with van der Waals surface area (Å²) in [6, 6.07) is 3.15. The Bertz CT molecular complexity index is 1030. The molecule has 3 N–H and O–H groups in total. The highest BCUT2D eigenvalue weighted by Gasteiger charge is 2.74. The van der Waals surface area contributed by atoms with Crippen LogP contribution in [-0.2, 0) is 10.3 Å². The van der Waals surface area contributed by atoms with E-state index in [0.29, 0.717) is 6.54 Å². The van der Waals surface area contributed by atoms with Crippen molar-refractivity contribution >= 4 is 11.8 Å². The van der Waals surface area contributed by atoms with Crippen molar-refractivity contribution < 1.29 is 24.4 Å². The normalized spacial score (nSPS) is 28.7. The van der Waals surface area contributed by atoms with Crippen molar-refractivity contribution in [2.75, 3.05) is 6.54 Å². The molecule has 0 radical (unpaired) electrons. The number of nitrogens with one attached hydrogen (secondary N) is 2. The lowest BCUT2D eigenvalue weighted by Gasteiger charge is -2.35. The van der Waals surface area contributed by atoms with Gasteiger partial charge in [-0.15, -0.1) is 0 Å². The van der Waals surface area contributed by atoms with E-state index in [-0.39, 0.29) is 34.8 Å². The van der Waals surface area contributed by atoms with Crippen molar-refractivity contribution in [2.45, 2.75) is 50.5 Å². The van der Waals surface area contributed by atoms with Crippen LogP contribution < -0.4 is 15.4 Å². The van der Waals surface area contributed by atoms with Crippen molar-refractivity contribution in [1.82, 2.24) is 10.6 Å². The fraction of sp³-hybridized carbons (Fsp3) is 0.429. The summed E-state index contributed by atoms with van der Waals surface area (Å²) < 4.78 is 5.92. The van der Waals surface area contributed by atoms with E-state index >= 15 is 0 Å². The highest BCUT2D eigenvalue weighted by atomic mass is 16.6. The number of ether oxygens (including phenoxy) is 1. The second kappa shape index (κ2) is 6.66. The van der Waals surface area contributed by atoms with Gasteiger partial charge < -0.3 is 20.5 Å². The third kappa shape index (κ3) is 2.44. The molecule has 3 unspecified atom stereocenters. The Morgan fingerprint density at radius 3 is 2.80 bits per heavy atom. The summed E-state index contributed by atoms with van der Waals surface area (Å²) in [7, 11) is 0. The van der Waals surface area contributed by atoms with Crippen molar-refractivity contribution in [2.24, 2.45) is 0 Å². The quantitative estimate of drug-likeness (QED) is 0.510. The summed E-state index contributed by atoms with van der Waals surface area (Å²) in [4.78, 5) is 37.3. The molecule has 1 aliphatic heterocycles. The van der Waals surface area contributed by atoms with Gasteiger partial charge in [0, 0.05) is 29.0 Å². The molecule has 1 aromatic rings. The number of Topliss-reactive ketones (excluding diaryl/α,β-unsaturated/α-hetero) is 1. The molecule has 4 rings (SSSR count). The van der Waals surface area contributed by atoms with E-state index in [0.717, 1.165) is 5.56 Å². The summed E-state index contributed by atoms with van der Waals surface area (Å²) in [5.41, 5.74) is -0.935. The molecule has 158 valence electrons. The summed E-state index contributed by atoms with van der Waals surface area (Å²) in [6.45, 7) is 5.99. The van der Waals surface area contributed by atoms with Crippen LogP contribution in [0.5, 0.6) is 5.75 Å². The maximum absolute atomic E-state index is 13.7. The van der Waals surface area contributed by atoms with Crippen molar-refractivity contribution in [3.8, 4) is 5.75 Å². The van der Waals surface area contributed by atoms with E-state index in [9.17, 15) is 24.8 Å². The minimum Gasteiger partial charge on any atom is -0.454 e. The molecule has 2 amide bonds. The molecule has 30 heavy (non-hydrogen) atoms. The fourth-order valence-corrected chi connectivity index (χ4v) is 4.49. The molecule has 0 aromatic heterocycles. The predicted octanol–water partition coefficient (Wildman–Crippen LogP) is 1.89. The van der Waals surface area contributed by atoms with E-state index in [2.05, 4.69) is 10.6 Å². The molecule has 9 nitrogen and oxygen atoms in total. The molecular formula is C21H23N3O6. The van der Waals surface area contributed by atoms with Crippen LogP contribution in [0.3, 0.4) is 0 Å². The molecule has 3 atom stereocenters. The second-order valence-corrected chi connectivity index (χ2v) is 7.99. The second-order valence-electron chi connectivity index (χ2n) is 7.99. The predicted molar refractivity (Wildman–Crippen MR) is 107 cm³/mol. The minimum absolute atomic E-state index is 0.0135. The molecule has 1 aromatic carbocycles. The Morgan fingerprint density at radius 2 is 2.17 bits per heavy atom. The Kier molecular flexibility index (Phi) is 4.46. The SMILES string of the molecule is CCNC(=O)NC12C(=O)C3=C(C=CCC3[N+](=O)[O-])C1(O)Oc1cc(C(C)C)ccc12. The van der Waals surface area contributed by atoms with Gasteiger partial charge in [-0.1, -0.05) is 38.1 Å². The molecule has 0 fully saturated rings. The Balaban J connectivity index is 1.94. The number of aliphatic hydroxyl groups is 1. The van der Waals surface area contributed by atoms with Gasteiger partial charge in [-0.2, -0.15) is 0 Å². The number of carbonyl (C=O) groups is 2. The number of nitrogens with zero attached hydrogens (tertiary/aromatic N) is 1. The maximum Gasteiger partial charge on any atom is 0.316 e. The van der Waals surface area contributed by atoms with Gasteiger partial charge in [0.25, 0.3) is 5.79 Å². The third-order valence-corrected chi connectivity index (χ3v) is 5.95. The molecule has 9 heteroatoms. The summed E-state index contributed by atoms with van der Waals surface area (Å²) in [6.07, 6.45) is 3.03. The van der Waals surface area contributed by atoms with Gasteiger partial charge in [0.2, 0.25) is 17.4 Å². The van der Waals surface area contributed by atoms with Crippen LogP contribution in [0.2, 0.25) is 0 Å². The summed E-state index contributed by atoms with van der Waals surface area (Å²) in [5.74, 6) is -2.58. The number of amides is 2. The smallest absolute Gasteiger partial charge is 0.316 e. The number of hydrogen-bond donors (Lipinski definition) is 3. The number of benzene rings is 1. The largest absolute Gasteiger partial charge is 0.454 e. The molecule has 0 saturated heterocycles. The Hall–Kier alpha value is -3.20. The van der Waals surface area contributed by atoms with Crippen LogP contribution in [0, 0.1) is 10.1 Å². The Labute approximate surface area is 172 Å². The van der Waals surface area contributed by atoms with Gasteiger partial charge in [0.05, 0.1) is 5.57 Å². The average Bonchev–Trinajstić information content (AvgIpc) is 3.05. The van der Waals surface area contributed by atoms with E-state index in [1.54, 1.807) is 25.1 Å². The first kappa shape index (κ1) is 20.1. The van der Waals surface area contributed by atoms with Gasteiger partial charge in [0.1, 0.15) is 5.75 Å². The number of ketones is 1. The first-order valence-electron chi connectivity index (χ1n) is 9.88. The fourth-order valence-electron chi connectivity index (χ4n) is 4.49. The van der Waals surface area contributed by atoms with Gasteiger partial charge in [-0.25, -0.2) is 4.79 Å². The highest BCUT2D eigenvalue weighted by Crippen LogP contribution is 2.58. The lowest BCUT2D eigenvalue weighted by Crippen LogP contribution is -2.64. The molecule has 2 aliphatic carbocycles. The molecule has 0 spiro atoms. The highest BCUT2D eigenvalue weighted by molar-refractivity contribution is 6.12. The van der Waals surface area contributed by atoms with E-state index in [1.165, 1.54) is 12.2 Å². The van der Waals surface area contributed by atoms with Crippen LogP contribution in [0.15, 0.2) is 41.5 Å². The average molecular weight is 413 g/mol. The summed E-state index contributed by atoms with van der Waals surface area (Å²) >= 11 is 0. The van der Waals surface area contributed by atoms with Crippen molar-refractivity contribution in [3.63, 3.8) is 0 Å². The lowest BCUT2D eigenvalue weighted by molar-refractivity contribution is -0.510. The van der Waals surface area contributed by atoms with Gasteiger partial charge >= 0.3 is 6.03 Å². The van der Waals surface area contributed by atoms with Crippen LogP contribution in [0.4, 0.5) is 4.79 Å². The Morgan fingerprint density at radius 1 is 1.43 bits per heavy atom. The zero-order valence-electron chi connectivity index (χ0n) is 16.9. The van der Waals surface area contributed by atoms with Crippen LogP contribution in [0.25, 0.3) is 0 Å². The molecule has 1 heterocycles. The van der Waals surface area contributed by atoms with Crippen molar-refractivity contribution in [1.29, 1.82) is 0 Å². The topological polar surface area (TPSA) is 131 Å². The first-order valence-corrected chi connectivity index (χ1v) is 9.88. The van der Waals surface area contributed by atoms with Crippen LogP contribution in [0.1, 0.15) is 44.2 Å². The molecule has 0 saturated carbocycles. The van der Waals surface area contributed by atoms with Gasteiger partial charge in [-0.05, 0) is 24.5 Å². The molecule has 3 aliphatic rings. The van der Waals surface area contributed by atoms with Gasteiger partial charge in [0.15, 0.2) is 0 Å². The van der Waals surface area contributed by atoms with E-state index < -0.39 is 34.1 Å². The number of carbonyl (C=O) groups excluding carboxylic acids is 2. The first-order chi connectivity index (χ1) is 14.2. The molecular weight excluding hydrogens is 390 g/mol. The third-order valence-electron chi connectivity index (χ3n) is 5.95. The van der Waals surface area contributed by atoms with Crippen molar-refractivity contribution in [3.05, 3.63) is 62.7 Å². The lowest BCUT2D eigenvalue weighted by atomic mass is 9.81. The van der Waals surface area contributed by atoms with Crippen LogP contribution >= 0.6 is 0 Å².